The summed E-state index contributed by atoms with van der Waals surface area (Å²) in [4.78, 5) is 0. The van der Waals surface area contributed by atoms with Gasteiger partial charge in [0.1, 0.15) is 0 Å². The fourth-order valence-electron chi connectivity index (χ4n) is 1.76. The van der Waals surface area contributed by atoms with E-state index in [0.29, 0.717) is 0 Å². The predicted octanol–water partition coefficient (Wildman–Crippen LogP) is 2.19. The Kier molecular flexibility index (Phi) is 4.20. The second kappa shape index (κ2) is 4.97. The van der Waals surface area contributed by atoms with E-state index in [9.17, 15) is 0 Å². The maximum absolute atomic E-state index is 5.81. The van der Waals surface area contributed by atoms with Gasteiger partial charge >= 0.3 is 0 Å². The molecule has 0 spiro atoms. The Morgan fingerprint density at radius 3 is 2.54 bits per heavy atom. The van der Waals surface area contributed by atoms with Crippen molar-refractivity contribution in [3.05, 3.63) is 0 Å². The molecule has 0 bridgehead atoms. The molecule has 78 valence electrons. The molecule has 0 saturated heterocycles. The Bertz CT molecular complexity index is 141. The van der Waals surface area contributed by atoms with E-state index in [4.69, 9.17) is 4.74 Å². The fraction of sp³-hybridized carbons (Fsp3) is 1.00. The van der Waals surface area contributed by atoms with Crippen LogP contribution in [-0.2, 0) is 4.74 Å². The van der Waals surface area contributed by atoms with Crippen LogP contribution < -0.4 is 5.32 Å². The summed E-state index contributed by atoms with van der Waals surface area (Å²) < 4.78 is 5.81. The minimum absolute atomic E-state index is 0.00149. The van der Waals surface area contributed by atoms with Gasteiger partial charge in [0.2, 0.25) is 0 Å². The van der Waals surface area contributed by atoms with Crippen LogP contribution >= 0.6 is 0 Å². The van der Waals surface area contributed by atoms with Crippen LogP contribution in [0, 0.1) is 5.92 Å². The third kappa shape index (κ3) is 4.10. The molecule has 1 rings (SSSR count). The summed E-state index contributed by atoms with van der Waals surface area (Å²) in [7, 11) is 1.97. The first-order valence-electron chi connectivity index (χ1n) is 5.42. The van der Waals surface area contributed by atoms with E-state index in [-0.39, 0.29) is 5.60 Å². The van der Waals surface area contributed by atoms with Gasteiger partial charge in [0.25, 0.3) is 0 Å². The number of hydrogen-bond acceptors (Lipinski definition) is 2. The molecular formula is C11H23NO. The molecule has 0 amide bonds. The first-order valence-corrected chi connectivity index (χ1v) is 5.42. The molecule has 0 unspecified atom stereocenters. The minimum atomic E-state index is -0.00149. The fourth-order valence-corrected chi connectivity index (χ4v) is 1.76. The molecule has 1 fully saturated rings. The van der Waals surface area contributed by atoms with Crippen molar-refractivity contribution in [2.24, 2.45) is 5.92 Å². The molecule has 1 saturated carbocycles. The summed E-state index contributed by atoms with van der Waals surface area (Å²) in [5.41, 5.74) is -0.00149. The maximum atomic E-state index is 5.81. The smallest absolute Gasteiger partial charge is 0.0750 e. The van der Waals surface area contributed by atoms with E-state index in [0.717, 1.165) is 19.1 Å². The molecule has 2 heteroatoms. The molecule has 0 atom stereocenters. The van der Waals surface area contributed by atoms with Crippen molar-refractivity contribution in [2.45, 2.75) is 45.1 Å². The van der Waals surface area contributed by atoms with E-state index in [1.165, 1.54) is 25.7 Å². The van der Waals surface area contributed by atoms with Gasteiger partial charge in [-0.3, -0.25) is 0 Å². The highest BCUT2D eigenvalue weighted by molar-refractivity contribution is 4.73. The highest BCUT2D eigenvalue weighted by Crippen LogP contribution is 2.29. The molecule has 1 aliphatic rings. The largest absolute Gasteiger partial charge is 0.374 e. The van der Waals surface area contributed by atoms with Crippen LogP contribution in [0.25, 0.3) is 0 Å². The molecule has 1 N–H and O–H groups in total. The van der Waals surface area contributed by atoms with Crippen LogP contribution in [0.15, 0.2) is 0 Å². The zero-order valence-corrected chi connectivity index (χ0v) is 9.23. The Balaban J connectivity index is 2.02. The van der Waals surface area contributed by atoms with E-state index in [1.54, 1.807) is 0 Å². The van der Waals surface area contributed by atoms with Crippen molar-refractivity contribution in [1.29, 1.82) is 0 Å². The standard InChI is InChI=1S/C11H23NO/c1-11(2,9-12-3)13-8-7-10-5-4-6-10/h10,12H,4-9H2,1-3H3. The van der Waals surface area contributed by atoms with Crippen molar-refractivity contribution >= 4 is 0 Å². The topological polar surface area (TPSA) is 21.3 Å². The Morgan fingerprint density at radius 1 is 1.38 bits per heavy atom. The Labute approximate surface area is 82.0 Å². The molecule has 0 heterocycles. The van der Waals surface area contributed by atoms with Crippen LogP contribution in [0.3, 0.4) is 0 Å². The second-order valence-electron chi connectivity index (χ2n) is 4.72. The average molecular weight is 185 g/mol. The van der Waals surface area contributed by atoms with E-state index < -0.39 is 0 Å². The van der Waals surface area contributed by atoms with Crippen LogP contribution in [0.2, 0.25) is 0 Å². The number of hydrogen-bond donors (Lipinski definition) is 1. The average Bonchev–Trinajstić information content (AvgIpc) is 1.94. The second-order valence-corrected chi connectivity index (χ2v) is 4.72. The molecule has 1 aliphatic carbocycles. The lowest BCUT2D eigenvalue weighted by Crippen LogP contribution is -2.36. The third-order valence-corrected chi connectivity index (χ3v) is 2.85. The summed E-state index contributed by atoms with van der Waals surface area (Å²) in [6, 6.07) is 0. The quantitative estimate of drug-likeness (QED) is 0.685. The zero-order valence-electron chi connectivity index (χ0n) is 9.23. The molecule has 2 nitrogen and oxygen atoms in total. The highest BCUT2D eigenvalue weighted by Gasteiger charge is 2.20. The van der Waals surface area contributed by atoms with Crippen LogP contribution in [0.5, 0.6) is 0 Å². The van der Waals surface area contributed by atoms with Crippen molar-refractivity contribution in [3.8, 4) is 0 Å². The van der Waals surface area contributed by atoms with Gasteiger partial charge < -0.3 is 10.1 Å². The van der Waals surface area contributed by atoms with Gasteiger partial charge in [-0.1, -0.05) is 19.3 Å². The highest BCUT2D eigenvalue weighted by atomic mass is 16.5. The van der Waals surface area contributed by atoms with E-state index >= 15 is 0 Å². The summed E-state index contributed by atoms with van der Waals surface area (Å²) in [5, 5.41) is 3.15. The van der Waals surface area contributed by atoms with E-state index in [2.05, 4.69) is 19.2 Å². The van der Waals surface area contributed by atoms with Crippen molar-refractivity contribution in [2.75, 3.05) is 20.2 Å². The minimum Gasteiger partial charge on any atom is -0.374 e. The van der Waals surface area contributed by atoms with Crippen molar-refractivity contribution in [1.82, 2.24) is 5.32 Å². The molecule has 0 aromatic carbocycles. The Hall–Kier alpha value is -0.0800. The van der Waals surface area contributed by atoms with Gasteiger partial charge in [-0.25, -0.2) is 0 Å². The van der Waals surface area contributed by atoms with Gasteiger partial charge in [-0.2, -0.15) is 0 Å². The number of rotatable bonds is 6. The number of likely N-dealkylation sites (N-methyl/N-ethyl adjacent to an activating group) is 1. The SMILES string of the molecule is CNCC(C)(C)OCCC1CCC1. The molecule has 0 aromatic heterocycles. The van der Waals surface area contributed by atoms with Crippen LogP contribution in [0.4, 0.5) is 0 Å². The molecule has 0 aromatic rings. The van der Waals surface area contributed by atoms with Crippen molar-refractivity contribution in [3.63, 3.8) is 0 Å². The first-order chi connectivity index (χ1) is 6.14. The molecule has 0 radical (unpaired) electrons. The summed E-state index contributed by atoms with van der Waals surface area (Å²) in [6.07, 6.45) is 5.54. The third-order valence-electron chi connectivity index (χ3n) is 2.85. The lowest BCUT2D eigenvalue weighted by Gasteiger charge is -2.29. The van der Waals surface area contributed by atoms with Gasteiger partial charge in [-0.05, 0) is 33.2 Å². The lowest BCUT2D eigenvalue weighted by molar-refractivity contribution is -0.0245. The van der Waals surface area contributed by atoms with Gasteiger partial charge in [0, 0.05) is 13.2 Å². The first kappa shape index (κ1) is 11.0. The van der Waals surface area contributed by atoms with Gasteiger partial charge in [-0.15, -0.1) is 0 Å². The zero-order chi connectivity index (χ0) is 9.73. The van der Waals surface area contributed by atoms with E-state index in [1.807, 2.05) is 7.05 Å². The Morgan fingerprint density at radius 2 is 2.08 bits per heavy atom. The monoisotopic (exact) mass is 185 g/mol. The predicted molar refractivity (Wildman–Crippen MR) is 55.9 cm³/mol. The van der Waals surface area contributed by atoms with Gasteiger partial charge in [0.05, 0.1) is 5.60 Å². The normalized spacial score (nSPS) is 18.7. The maximum Gasteiger partial charge on any atom is 0.0750 e. The molecule has 13 heavy (non-hydrogen) atoms. The van der Waals surface area contributed by atoms with Crippen LogP contribution in [0.1, 0.15) is 39.5 Å². The summed E-state index contributed by atoms with van der Waals surface area (Å²) in [5.74, 6) is 0.963. The molecular weight excluding hydrogens is 162 g/mol. The summed E-state index contributed by atoms with van der Waals surface area (Å²) in [6.45, 7) is 6.14. The number of nitrogens with one attached hydrogen (secondary N) is 1. The van der Waals surface area contributed by atoms with Crippen molar-refractivity contribution < 1.29 is 4.74 Å². The number of ether oxygens (including phenoxy) is 1. The lowest BCUT2D eigenvalue weighted by atomic mass is 9.83. The van der Waals surface area contributed by atoms with Crippen LogP contribution in [-0.4, -0.2) is 25.8 Å². The summed E-state index contributed by atoms with van der Waals surface area (Å²) >= 11 is 0. The molecule has 0 aliphatic heterocycles. The van der Waals surface area contributed by atoms with Gasteiger partial charge in [0.15, 0.2) is 0 Å².